The lowest BCUT2D eigenvalue weighted by molar-refractivity contribution is 1.45. The molecule has 0 aliphatic heterocycles. The van der Waals surface area contributed by atoms with Gasteiger partial charge in [0.1, 0.15) is 6.07 Å². The number of hydrogen-bond acceptors (Lipinski definition) is 2. The molecule has 0 unspecified atom stereocenters. The third kappa shape index (κ3) is 3.16. The van der Waals surface area contributed by atoms with Gasteiger partial charge in [0.05, 0.1) is 11.3 Å². The molecule has 0 amide bonds. The minimum absolute atomic E-state index is 0.528. The molecule has 0 radical (unpaired) electrons. The summed E-state index contributed by atoms with van der Waals surface area (Å²) in [5.74, 6) is 0. The van der Waals surface area contributed by atoms with Gasteiger partial charge in [-0.15, -0.1) is 0 Å². The molecule has 0 saturated carbocycles. The fraction of sp³-hybridized carbons (Fsp3) is 0. The molecule has 0 atom stereocenters. The van der Waals surface area contributed by atoms with Crippen LogP contribution in [-0.2, 0) is 0 Å². The van der Waals surface area contributed by atoms with Crippen LogP contribution in [0, 0.1) is 14.9 Å². The van der Waals surface area contributed by atoms with E-state index < -0.39 is 0 Å². The number of nitrogens with one attached hydrogen (secondary N) is 1. The molecule has 0 bridgehead atoms. The van der Waals surface area contributed by atoms with Crippen molar-refractivity contribution in [1.29, 1.82) is 5.26 Å². The van der Waals surface area contributed by atoms with E-state index >= 15 is 0 Å². The molecule has 2 aromatic carbocycles. The first-order valence-electron chi connectivity index (χ1n) is 5.02. The van der Waals surface area contributed by atoms with Gasteiger partial charge in [0.15, 0.2) is 0 Å². The summed E-state index contributed by atoms with van der Waals surface area (Å²) in [7, 11) is 0. The standard InChI is InChI=1S/C13H7BrClIN2/c14-11-3-2-10(6-12(11)16)18-13-4-1-9(15)5-8(13)7-17/h1-6,18H. The first-order valence-corrected chi connectivity index (χ1v) is 7.27. The Bertz CT molecular complexity index is 637. The van der Waals surface area contributed by atoms with Gasteiger partial charge in [0, 0.05) is 18.8 Å². The molecule has 0 aliphatic rings. The average Bonchev–Trinajstić information content (AvgIpc) is 2.36. The number of rotatable bonds is 2. The van der Waals surface area contributed by atoms with E-state index in [-0.39, 0.29) is 0 Å². The molecule has 1 N–H and O–H groups in total. The van der Waals surface area contributed by atoms with Gasteiger partial charge in [0.25, 0.3) is 0 Å². The van der Waals surface area contributed by atoms with E-state index in [1.807, 2.05) is 18.2 Å². The van der Waals surface area contributed by atoms with Gasteiger partial charge in [-0.05, 0) is 74.9 Å². The van der Waals surface area contributed by atoms with Crippen LogP contribution < -0.4 is 5.32 Å². The van der Waals surface area contributed by atoms with Gasteiger partial charge >= 0.3 is 0 Å². The Labute approximate surface area is 132 Å². The summed E-state index contributed by atoms with van der Waals surface area (Å²) in [6.45, 7) is 0. The number of nitrogens with zero attached hydrogens (tertiary/aromatic N) is 1. The second-order valence-corrected chi connectivity index (χ2v) is 6.01. The second-order valence-electron chi connectivity index (χ2n) is 3.56. The highest BCUT2D eigenvalue weighted by Crippen LogP contribution is 2.27. The van der Waals surface area contributed by atoms with Crippen LogP contribution in [0.5, 0.6) is 0 Å². The van der Waals surface area contributed by atoms with E-state index in [1.165, 1.54) is 0 Å². The summed E-state index contributed by atoms with van der Waals surface area (Å²) in [4.78, 5) is 0. The number of halogens is 3. The van der Waals surface area contributed by atoms with Crippen molar-refractivity contribution in [2.45, 2.75) is 0 Å². The van der Waals surface area contributed by atoms with E-state index in [0.29, 0.717) is 10.6 Å². The van der Waals surface area contributed by atoms with Gasteiger partial charge in [0.2, 0.25) is 0 Å². The molecule has 0 spiro atoms. The third-order valence-corrected chi connectivity index (χ3v) is 4.86. The first kappa shape index (κ1) is 13.7. The number of hydrogen-bond donors (Lipinski definition) is 1. The maximum absolute atomic E-state index is 9.06. The monoisotopic (exact) mass is 432 g/mol. The molecular formula is C13H7BrClIN2. The molecule has 18 heavy (non-hydrogen) atoms. The van der Waals surface area contributed by atoms with Gasteiger partial charge in [-0.1, -0.05) is 11.6 Å². The fourth-order valence-electron chi connectivity index (χ4n) is 1.45. The Hall–Kier alpha value is -0.770. The maximum Gasteiger partial charge on any atom is 0.101 e. The Morgan fingerprint density at radius 3 is 2.67 bits per heavy atom. The van der Waals surface area contributed by atoms with Crippen LogP contribution in [0.4, 0.5) is 11.4 Å². The maximum atomic E-state index is 9.06. The normalized spacial score (nSPS) is 9.89. The molecule has 5 heteroatoms. The highest BCUT2D eigenvalue weighted by atomic mass is 127. The van der Waals surface area contributed by atoms with Gasteiger partial charge in [-0.25, -0.2) is 0 Å². The van der Waals surface area contributed by atoms with Crippen LogP contribution in [0.3, 0.4) is 0 Å². The number of anilines is 2. The Morgan fingerprint density at radius 2 is 2.00 bits per heavy atom. The fourth-order valence-corrected chi connectivity index (χ4v) is 2.38. The lowest BCUT2D eigenvalue weighted by Gasteiger charge is -2.09. The number of nitriles is 1. The Kier molecular flexibility index (Phi) is 4.49. The van der Waals surface area contributed by atoms with Gasteiger partial charge < -0.3 is 5.32 Å². The van der Waals surface area contributed by atoms with E-state index in [9.17, 15) is 0 Å². The largest absolute Gasteiger partial charge is 0.354 e. The van der Waals surface area contributed by atoms with E-state index in [1.54, 1.807) is 18.2 Å². The van der Waals surface area contributed by atoms with Gasteiger partial charge in [-0.2, -0.15) is 5.26 Å². The Balaban J connectivity index is 2.34. The molecule has 2 nitrogen and oxygen atoms in total. The summed E-state index contributed by atoms with van der Waals surface area (Å²) >= 11 is 11.5. The van der Waals surface area contributed by atoms with Crippen LogP contribution in [0.15, 0.2) is 40.9 Å². The predicted octanol–water partition coefficient (Wildman–Crippen LogP) is 5.32. The highest BCUT2D eigenvalue weighted by Gasteiger charge is 2.04. The molecule has 0 aliphatic carbocycles. The molecule has 90 valence electrons. The van der Waals surface area contributed by atoms with Crippen LogP contribution in [-0.4, -0.2) is 0 Å². The predicted molar refractivity (Wildman–Crippen MR) is 86.3 cm³/mol. The van der Waals surface area contributed by atoms with Crippen molar-refractivity contribution >= 4 is 61.5 Å². The van der Waals surface area contributed by atoms with Crippen LogP contribution in [0.25, 0.3) is 0 Å². The van der Waals surface area contributed by atoms with Crippen molar-refractivity contribution in [3.05, 3.63) is 55.0 Å². The van der Waals surface area contributed by atoms with Crippen molar-refractivity contribution in [3.63, 3.8) is 0 Å². The molecular weight excluding hydrogens is 426 g/mol. The van der Waals surface area contributed by atoms with E-state index in [0.717, 1.165) is 19.4 Å². The molecule has 0 fully saturated rings. The smallest absolute Gasteiger partial charge is 0.101 e. The van der Waals surface area contributed by atoms with E-state index in [2.05, 4.69) is 49.9 Å². The Morgan fingerprint density at radius 1 is 1.22 bits per heavy atom. The van der Waals surface area contributed by atoms with Crippen molar-refractivity contribution < 1.29 is 0 Å². The number of benzene rings is 2. The average molecular weight is 433 g/mol. The SMILES string of the molecule is N#Cc1cc(Cl)ccc1Nc1ccc(Br)c(I)c1. The topological polar surface area (TPSA) is 35.8 Å². The molecule has 2 rings (SSSR count). The molecule has 0 saturated heterocycles. The lowest BCUT2D eigenvalue weighted by atomic mass is 10.2. The second kappa shape index (κ2) is 5.91. The van der Waals surface area contributed by atoms with Crippen molar-refractivity contribution in [2.75, 3.05) is 5.32 Å². The summed E-state index contributed by atoms with van der Waals surface area (Å²) in [6, 6.07) is 13.2. The van der Waals surface area contributed by atoms with E-state index in [4.69, 9.17) is 16.9 Å². The quantitative estimate of drug-likeness (QED) is 0.651. The minimum atomic E-state index is 0.528. The van der Waals surface area contributed by atoms with Crippen molar-refractivity contribution in [3.8, 4) is 6.07 Å². The highest BCUT2D eigenvalue weighted by molar-refractivity contribution is 14.1. The summed E-state index contributed by atoms with van der Waals surface area (Å²) in [6.07, 6.45) is 0. The summed E-state index contributed by atoms with van der Waals surface area (Å²) in [5.41, 5.74) is 2.21. The summed E-state index contributed by atoms with van der Waals surface area (Å²) < 4.78 is 2.15. The lowest BCUT2D eigenvalue weighted by Crippen LogP contribution is -1.94. The third-order valence-electron chi connectivity index (χ3n) is 2.30. The van der Waals surface area contributed by atoms with Crippen molar-refractivity contribution in [1.82, 2.24) is 0 Å². The zero-order valence-electron chi connectivity index (χ0n) is 9.05. The summed E-state index contributed by atoms with van der Waals surface area (Å²) in [5, 5.41) is 12.8. The molecule has 0 heterocycles. The minimum Gasteiger partial charge on any atom is -0.354 e. The van der Waals surface area contributed by atoms with Crippen LogP contribution in [0.2, 0.25) is 5.02 Å². The van der Waals surface area contributed by atoms with Crippen LogP contribution >= 0.6 is 50.1 Å². The zero-order chi connectivity index (χ0) is 13.1. The zero-order valence-corrected chi connectivity index (χ0v) is 13.5. The van der Waals surface area contributed by atoms with Crippen molar-refractivity contribution in [2.24, 2.45) is 0 Å². The molecule has 0 aromatic heterocycles. The van der Waals surface area contributed by atoms with Gasteiger partial charge in [-0.3, -0.25) is 0 Å². The van der Waals surface area contributed by atoms with Crippen LogP contribution in [0.1, 0.15) is 5.56 Å². The molecule has 2 aromatic rings. The first-order chi connectivity index (χ1) is 8.60.